The van der Waals surface area contributed by atoms with Crippen LogP contribution >= 0.6 is 11.8 Å². The van der Waals surface area contributed by atoms with Crippen LogP contribution in [0.3, 0.4) is 0 Å². The molecule has 0 aromatic rings. The highest BCUT2D eigenvalue weighted by Crippen LogP contribution is 2.12. The first kappa shape index (κ1) is 11.4. The van der Waals surface area contributed by atoms with Gasteiger partial charge in [-0.25, -0.2) is 0 Å². The Balaban J connectivity index is 2.80. The van der Waals surface area contributed by atoms with Gasteiger partial charge in [0.25, 0.3) is 0 Å². The zero-order chi connectivity index (χ0) is 8.53. The van der Waals surface area contributed by atoms with Crippen LogP contribution in [0.2, 0.25) is 0 Å². The van der Waals surface area contributed by atoms with E-state index in [1.54, 1.807) is 0 Å². The van der Waals surface area contributed by atoms with Crippen LogP contribution in [0.1, 0.15) is 52.9 Å². The quantitative estimate of drug-likeness (QED) is 0.524. The van der Waals surface area contributed by atoms with E-state index in [-0.39, 0.29) is 0 Å². The molecule has 0 radical (unpaired) electrons. The Bertz CT molecular complexity index is 69.3. The van der Waals surface area contributed by atoms with Crippen molar-refractivity contribution in [1.29, 1.82) is 0 Å². The van der Waals surface area contributed by atoms with Gasteiger partial charge in [-0.1, -0.05) is 46.5 Å². The van der Waals surface area contributed by atoms with E-state index in [2.05, 4.69) is 32.5 Å². The summed E-state index contributed by atoms with van der Waals surface area (Å²) in [5.41, 5.74) is 0. The second-order valence-corrected chi connectivity index (χ2v) is 5.02. The van der Waals surface area contributed by atoms with Gasteiger partial charge in [0.05, 0.1) is 0 Å². The van der Waals surface area contributed by atoms with Gasteiger partial charge in [-0.05, 0) is 17.4 Å². The molecule has 0 nitrogen and oxygen atoms in total. The van der Waals surface area contributed by atoms with E-state index in [1.807, 2.05) is 0 Å². The largest absolute Gasteiger partial charge is 0.159 e. The monoisotopic (exact) mass is 174 g/mol. The van der Waals surface area contributed by atoms with Crippen molar-refractivity contribution < 1.29 is 0 Å². The standard InChI is InChI=1S/C10H22S/c1-4-5-6-7-8-9-11-10(2)3/h10H,4-9H2,1-3H3. The fraction of sp³-hybridized carbons (Fsp3) is 1.00. The molecule has 0 bridgehead atoms. The van der Waals surface area contributed by atoms with Gasteiger partial charge >= 0.3 is 0 Å². The zero-order valence-electron chi connectivity index (χ0n) is 8.23. The van der Waals surface area contributed by atoms with Gasteiger partial charge in [0.2, 0.25) is 0 Å². The minimum Gasteiger partial charge on any atom is -0.159 e. The summed E-state index contributed by atoms with van der Waals surface area (Å²) in [6.45, 7) is 6.82. The Labute approximate surface area is 76.1 Å². The molecule has 1 heteroatoms. The van der Waals surface area contributed by atoms with E-state index in [0.29, 0.717) is 0 Å². The van der Waals surface area contributed by atoms with Crippen molar-refractivity contribution in [2.75, 3.05) is 5.75 Å². The molecule has 0 rings (SSSR count). The third kappa shape index (κ3) is 10.4. The lowest BCUT2D eigenvalue weighted by Gasteiger charge is -2.03. The summed E-state index contributed by atoms with van der Waals surface area (Å²) in [5.74, 6) is 1.36. The molecule has 0 saturated carbocycles. The first-order valence-electron chi connectivity index (χ1n) is 4.89. The molecule has 0 aliphatic rings. The first-order valence-corrected chi connectivity index (χ1v) is 5.93. The lowest BCUT2D eigenvalue weighted by molar-refractivity contribution is 0.659. The van der Waals surface area contributed by atoms with Gasteiger partial charge in [-0.15, -0.1) is 0 Å². The molecule has 0 amide bonds. The molecule has 68 valence electrons. The topological polar surface area (TPSA) is 0 Å². The second-order valence-electron chi connectivity index (χ2n) is 3.33. The maximum Gasteiger partial charge on any atom is -0.000968 e. The minimum atomic E-state index is 0.821. The highest BCUT2D eigenvalue weighted by atomic mass is 32.2. The average Bonchev–Trinajstić information content (AvgIpc) is 1.96. The Morgan fingerprint density at radius 1 is 1.00 bits per heavy atom. The van der Waals surface area contributed by atoms with Crippen LogP contribution in [0.5, 0.6) is 0 Å². The van der Waals surface area contributed by atoms with Crippen molar-refractivity contribution in [3.63, 3.8) is 0 Å². The Kier molecular flexibility index (Phi) is 8.72. The van der Waals surface area contributed by atoms with E-state index in [9.17, 15) is 0 Å². The molecule has 0 unspecified atom stereocenters. The van der Waals surface area contributed by atoms with E-state index in [0.717, 1.165) is 5.25 Å². The fourth-order valence-corrected chi connectivity index (χ4v) is 1.87. The number of thioether (sulfide) groups is 1. The van der Waals surface area contributed by atoms with Crippen LogP contribution < -0.4 is 0 Å². The minimum absolute atomic E-state index is 0.821. The SMILES string of the molecule is CCCCCCCSC(C)C. The Morgan fingerprint density at radius 2 is 1.64 bits per heavy atom. The molecule has 0 atom stereocenters. The number of hydrogen-bond donors (Lipinski definition) is 0. The molecule has 0 saturated heterocycles. The van der Waals surface area contributed by atoms with E-state index in [1.165, 1.54) is 37.9 Å². The van der Waals surface area contributed by atoms with Gasteiger partial charge in [-0.2, -0.15) is 11.8 Å². The highest BCUT2D eigenvalue weighted by molar-refractivity contribution is 7.99. The molecule has 11 heavy (non-hydrogen) atoms. The second kappa shape index (κ2) is 8.45. The molecule has 0 heterocycles. The van der Waals surface area contributed by atoms with Crippen molar-refractivity contribution >= 4 is 11.8 Å². The van der Waals surface area contributed by atoms with Crippen molar-refractivity contribution in [3.05, 3.63) is 0 Å². The third-order valence-electron chi connectivity index (χ3n) is 1.70. The molecule has 0 fully saturated rings. The Morgan fingerprint density at radius 3 is 2.18 bits per heavy atom. The van der Waals surface area contributed by atoms with Crippen molar-refractivity contribution in [2.24, 2.45) is 0 Å². The normalized spacial score (nSPS) is 10.9. The summed E-state index contributed by atoms with van der Waals surface area (Å²) >= 11 is 2.09. The Hall–Kier alpha value is 0.350. The number of rotatable bonds is 7. The summed E-state index contributed by atoms with van der Waals surface area (Å²) in [6.07, 6.45) is 7.08. The van der Waals surface area contributed by atoms with Crippen LogP contribution in [-0.4, -0.2) is 11.0 Å². The van der Waals surface area contributed by atoms with Gasteiger partial charge in [-0.3, -0.25) is 0 Å². The molecule has 0 aromatic carbocycles. The van der Waals surface area contributed by atoms with Crippen molar-refractivity contribution in [2.45, 2.75) is 58.1 Å². The molecule has 0 aliphatic carbocycles. The highest BCUT2D eigenvalue weighted by Gasteiger charge is 1.93. The van der Waals surface area contributed by atoms with Gasteiger partial charge < -0.3 is 0 Å². The van der Waals surface area contributed by atoms with Crippen LogP contribution in [0.15, 0.2) is 0 Å². The van der Waals surface area contributed by atoms with Crippen molar-refractivity contribution in [3.8, 4) is 0 Å². The third-order valence-corrected chi connectivity index (χ3v) is 2.89. The summed E-state index contributed by atoms with van der Waals surface area (Å²) in [5, 5.41) is 0.821. The van der Waals surface area contributed by atoms with Gasteiger partial charge in [0.15, 0.2) is 0 Å². The zero-order valence-corrected chi connectivity index (χ0v) is 9.04. The summed E-state index contributed by atoms with van der Waals surface area (Å²) in [7, 11) is 0. The fourth-order valence-electron chi connectivity index (χ4n) is 1.02. The molecule has 0 N–H and O–H groups in total. The van der Waals surface area contributed by atoms with E-state index < -0.39 is 0 Å². The van der Waals surface area contributed by atoms with Crippen molar-refractivity contribution in [1.82, 2.24) is 0 Å². The van der Waals surface area contributed by atoms with Crippen LogP contribution in [0, 0.1) is 0 Å². The van der Waals surface area contributed by atoms with Crippen LogP contribution in [-0.2, 0) is 0 Å². The van der Waals surface area contributed by atoms with Gasteiger partial charge in [0, 0.05) is 0 Å². The summed E-state index contributed by atoms with van der Waals surface area (Å²) < 4.78 is 0. The molecule has 0 aliphatic heterocycles. The molecular weight excluding hydrogens is 152 g/mol. The maximum absolute atomic E-state index is 2.27. The lowest BCUT2D eigenvalue weighted by Crippen LogP contribution is -1.89. The average molecular weight is 174 g/mol. The van der Waals surface area contributed by atoms with Gasteiger partial charge in [0.1, 0.15) is 0 Å². The summed E-state index contributed by atoms with van der Waals surface area (Å²) in [6, 6.07) is 0. The maximum atomic E-state index is 2.27. The molecule has 0 aromatic heterocycles. The van der Waals surface area contributed by atoms with E-state index >= 15 is 0 Å². The summed E-state index contributed by atoms with van der Waals surface area (Å²) in [4.78, 5) is 0. The smallest absolute Gasteiger partial charge is 0.000968 e. The lowest BCUT2D eigenvalue weighted by atomic mass is 10.2. The number of hydrogen-bond acceptors (Lipinski definition) is 1. The first-order chi connectivity index (χ1) is 5.27. The van der Waals surface area contributed by atoms with E-state index in [4.69, 9.17) is 0 Å². The predicted octanol–water partition coefficient (Wildman–Crippen LogP) is 4.10. The van der Waals surface area contributed by atoms with Crippen LogP contribution in [0.25, 0.3) is 0 Å². The molecular formula is C10H22S. The predicted molar refractivity (Wildman–Crippen MR) is 56.4 cm³/mol. The molecule has 0 spiro atoms. The number of unbranched alkanes of at least 4 members (excludes halogenated alkanes) is 4. The van der Waals surface area contributed by atoms with Crippen LogP contribution in [0.4, 0.5) is 0 Å².